The van der Waals surface area contributed by atoms with E-state index < -0.39 is 0 Å². The number of hydrogen-bond acceptors (Lipinski definition) is 4. The van der Waals surface area contributed by atoms with Gasteiger partial charge in [0.2, 0.25) is 5.91 Å². The SMILES string of the molecule is CN(C)CCN(Cc1ccccc1)C(=O)CNc1cccc2c1CCNC2. The number of carbonyl (C=O) groups is 1. The molecule has 1 heterocycles. The molecule has 0 unspecified atom stereocenters. The third-order valence-corrected chi connectivity index (χ3v) is 4.96. The van der Waals surface area contributed by atoms with Crippen molar-refractivity contribution in [3.63, 3.8) is 0 Å². The Morgan fingerprint density at radius 1 is 1.07 bits per heavy atom. The number of rotatable bonds is 8. The number of benzene rings is 2. The number of likely N-dealkylation sites (N-methyl/N-ethyl adjacent to an activating group) is 1. The molecule has 2 aromatic rings. The number of fused-ring (bicyclic) bond motifs is 1. The number of amides is 1. The predicted molar refractivity (Wildman–Crippen MR) is 111 cm³/mol. The second-order valence-electron chi connectivity index (χ2n) is 7.33. The zero-order chi connectivity index (χ0) is 19.1. The second kappa shape index (κ2) is 9.53. The van der Waals surface area contributed by atoms with Crippen LogP contribution in [0.4, 0.5) is 5.69 Å². The highest BCUT2D eigenvalue weighted by Gasteiger charge is 2.16. The van der Waals surface area contributed by atoms with E-state index in [1.807, 2.05) is 37.2 Å². The van der Waals surface area contributed by atoms with E-state index in [9.17, 15) is 4.79 Å². The van der Waals surface area contributed by atoms with E-state index in [1.165, 1.54) is 11.1 Å². The van der Waals surface area contributed by atoms with Gasteiger partial charge in [0, 0.05) is 31.9 Å². The average molecular weight is 367 g/mol. The molecule has 0 fully saturated rings. The lowest BCUT2D eigenvalue weighted by Crippen LogP contribution is -2.39. The van der Waals surface area contributed by atoms with E-state index in [0.29, 0.717) is 13.1 Å². The topological polar surface area (TPSA) is 47.6 Å². The molecule has 2 aromatic carbocycles. The highest BCUT2D eigenvalue weighted by Crippen LogP contribution is 2.23. The highest BCUT2D eigenvalue weighted by molar-refractivity contribution is 5.81. The summed E-state index contributed by atoms with van der Waals surface area (Å²) in [4.78, 5) is 17.0. The van der Waals surface area contributed by atoms with E-state index in [-0.39, 0.29) is 5.91 Å². The van der Waals surface area contributed by atoms with Gasteiger partial charge in [-0.3, -0.25) is 4.79 Å². The quantitative estimate of drug-likeness (QED) is 0.753. The molecule has 3 rings (SSSR count). The Balaban J connectivity index is 1.65. The van der Waals surface area contributed by atoms with Crippen LogP contribution in [0.1, 0.15) is 16.7 Å². The fraction of sp³-hybridized carbons (Fsp3) is 0.409. The minimum absolute atomic E-state index is 0.132. The average Bonchev–Trinajstić information content (AvgIpc) is 2.70. The molecule has 0 aromatic heterocycles. The molecular weight excluding hydrogens is 336 g/mol. The molecule has 2 N–H and O–H groups in total. The number of nitrogens with one attached hydrogen (secondary N) is 2. The molecule has 5 nitrogen and oxygen atoms in total. The molecule has 0 saturated heterocycles. The van der Waals surface area contributed by atoms with E-state index in [1.54, 1.807) is 0 Å². The molecule has 1 amide bonds. The van der Waals surface area contributed by atoms with Gasteiger partial charge in [-0.05, 0) is 49.8 Å². The molecule has 0 saturated carbocycles. The number of carbonyl (C=O) groups excluding carboxylic acids is 1. The van der Waals surface area contributed by atoms with Crippen LogP contribution >= 0.6 is 0 Å². The van der Waals surface area contributed by atoms with Crippen molar-refractivity contribution in [3.05, 3.63) is 65.2 Å². The van der Waals surface area contributed by atoms with Crippen molar-refractivity contribution in [3.8, 4) is 0 Å². The third-order valence-electron chi connectivity index (χ3n) is 4.96. The van der Waals surface area contributed by atoms with Crippen molar-refractivity contribution in [2.24, 2.45) is 0 Å². The van der Waals surface area contributed by atoms with Crippen LogP contribution in [0.5, 0.6) is 0 Å². The summed E-state index contributed by atoms with van der Waals surface area (Å²) in [6.07, 6.45) is 1.00. The smallest absolute Gasteiger partial charge is 0.242 e. The lowest BCUT2D eigenvalue weighted by atomic mass is 9.99. The van der Waals surface area contributed by atoms with Crippen LogP contribution in [0.15, 0.2) is 48.5 Å². The normalized spacial score (nSPS) is 13.3. The first kappa shape index (κ1) is 19.4. The van der Waals surface area contributed by atoms with Gasteiger partial charge in [0.05, 0.1) is 6.54 Å². The van der Waals surface area contributed by atoms with Crippen LogP contribution in [0, 0.1) is 0 Å². The van der Waals surface area contributed by atoms with Gasteiger partial charge in [-0.15, -0.1) is 0 Å². The first-order valence-corrected chi connectivity index (χ1v) is 9.65. The summed E-state index contributed by atoms with van der Waals surface area (Å²) in [5.41, 5.74) is 4.92. The van der Waals surface area contributed by atoms with Gasteiger partial charge in [-0.1, -0.05) is 42.5 Å². The number of hydrogen-bond donors (Lipinski definition) is 2. The molecule has 0 spiro atoms. The predicted octanol–water partition coefficient (Wildman–Crippen LogP) is 2.33. The summed E-state index contributed by atoms with van der Waals surface area (Å²) in [6.45, 7) is 4.44. The standard InChI is InChI=1S/C22H30N4O/c1-25(2)13-14-26(17-18-7-4-3-5-8-18)22(27)16-24-21-10-6-9-19-15-23-12-11-20(19)21/h3-10,23-24H,11-17H2,1-2H3. The van der Waals surface area contributed by atoms with Crippen LogP contribution in [0.3, 0.4) is 0 Å². The molecule has 0 aliphatic carbocycles. The zero-order valence-electron chi connectivity index (χ0n) is 16.4. The van der Waals surface area contributed by atoms with Crippen LogP contribution < -0.4 is 10.6 Å². The summed E-state index contributed by atoms with van der Waals surface area (Å²) < 4.78 is 0. The van der Waals surface area contributed by atoms with Gasteiger partial charge < -0.3 is 20.4 Å². The van der Waals surface area contributed by atoms with Gasteiger partial charge in [0.15, 0.2) is 0 Å². The molecule has 1 aliphatic heterocycles. The first-order chi connectivity index (χ1) is 13.1. The molecule has 0 atom stereocenters. The Morgan fingerprint density at radius 2 is 1.89 bits per heavy atom. The molecule has 144 valence electrons. The lowest BCUT2D eigenvalue weighted by Gasteiger charge is -2.26. The molecule has 0 bridgehead atoms. The molecule has 1 aliphatic rings. The number of nitrogens with zero attached hydrogens (tertiary/aromatic N) is 2. The zero-order valence-corrected chi connectivity index (χ0v) is 16.4. The summed E-state index contributed by atoms with van der Waals surface area (Å²) in [7, 11) is 4.07. The van der Waals surface area contributed by atoms with E-state index in [4.69, 9.17) is 0 Å². The van der Waals surface area contributed by atoms with E-state index in [2.05, 4.69) is 45.9 Å². The highest BCUT2D eigenvalue weighted by atomic mass is 16.2. The van der Waals surface area contributed by atoms with Crippen LogP contribution in [0.25, 0.3) is 0 Å². The summed E-state index contributed by atoms with van der Waals surface area (Å²) >= 11 is 0. The lowest BCUT2D eigenvalue weighted by molar-refractivity contribution is -0.130. The molecule has 0 radical (unpaired) electrons. The first-order valence-electron chi connectivity index (χ1n) is 9.65. The molecule has 5 heteroatoms. The van der Waals surface area contributed by atoms with Crippen molar-refractivity contribution < 1.29 is 4.79 Å². The maximum atomic E-state index is 12.9. The minimum atomic E-state index is 0.132. The van der Waals surface area contributed by atoms with Crippen molar-refractivity contribution in [2.45, 2.75) is 19.5 Å². The van der Waals surface area contributed by atoms with Crippen LogP contribution in [0.2, 0.25) is 0 Å². The Bertz CT molecular complexity index is 745. The maximum absolute atomic E-state index is 12.9. The maximum Gasteiger partial charge on any atom is 0.242 e. The van der Waals surface area contributed by atoms with Crippen LogP contribution in [-0.2, 0) is 24.3 Å². The van der Waals surface area contributed by atoms with Crippen molar-refractivity contribution in [1.82, 2.24) is 15.1 Å². The Kier molecular flexibility index (Phi) is 6.85. The minimum Gasteiger partial charge on any atom is -0.376 e. The monoisotopic (exact) mass is 366 g/mol. The molecular formula is C22H30N4O. The Hall–Kier alpha value is -2.37. The van der Waals surface area contributed by atoms with Gasteiger partial charge in [0.1, 0.15) is 0 Å². The Labute approximate surface area is 162 Å². The summed E-state index contributed by atoms with van der Waals surface area (Å²) in [6, 6.07) is 16.5. The molecule has 27 heavy (non-hydrogen) atoms. The summed E-state index contributed by atoms with van der Waals surface area (Å²) in [5.74, 6) is 0.132. The van der Waals surface area contributed by atoms with Gasteiger partial charge in [-0.2, -0.15) is 0 Å². The fourth-order valence-corrected chi connectivity index (χ4v) is 3.40. The largest absolute Gasteiger partial charge is 0.376 e. The Morgan fingerprint density at radius 3 is 2.67 bits per heavy atom. The summed E-state index contributed by atoms with van der Waals surface area (Å²) in [5, 5.41) is 6.79. The van der Waals surface area contributed by atoms with Crippen molar-refractivity contribution in [2.75, 3.05) is 45.6 Å². The second-order valence-corrected chi connectivity index (χ2v) is 7.33. The van der Waals surface area contributed by atoms with Crippen molar-refractivity contribution in [1.29, 1.82) is 0 Å². The van der Waals surface area contributed by atoms with Crippen molar-refractivity contribution >= 4 is 11.6 Å². The van der Waals surface area contributed by atoms with Crippen LogP contribution in [-0.4, -0.2) is 56.0 Å². The van der Waals surface area contributed by atoms with Gasteiger partial charge >= 0.3 is 0 Å². The van der Waals surface area contributed by atoms with Gasteiger partial charge in [-0.25, -0.2) is 0 Å². The van der Waals surface area contributed by atoms with Gasteiger partial charge in [0.25, 0.3) is 0 Å². The number of anilines is 1. The third kappa shape index (κ3) is 5.55. The van der Waals surface area contributed by atoms with E-state index >= 15 is 0 Å². The fourth-order valence-electron chi connectivity index (χ4n) is 3.40. The van der Waals surface area contributed by atoms with E-state index in [0.717, 1.165) is 43.9 Å².